The number of hydrogen-bond donors (Lipinski definition) is 1. The molecule has 0 aromatic carbocycles. The zero-order chi connectivity index (χ0) is 14.8. The molecular weight excluding hydrogens is 260 g/mol. The van der Waals surface area contributed by atoms with Gasteiger partial charge in [0.25, 0.3) is 0 Å². The van der Waals surface area contributed by atoms with Crippen molar-refractivity contribution in [2.24, 2.45) is 28.6 Å². The molecule has 0 bridgehead atoms. The number of fused-ring (bicyclic) bond motifs is 5. The third-order valence-electron chi connectivity index (χ3n) is 7.91. The van der Waals surface area contributed by atoms with Crippen molar-refractivity contribution in [3.63, 3.8) is 0 Å². The van der Waals surface area contributed by atoms with E-state index in [-0.39, 0.29) is 16.9 Å². The van der Waals surface area contributed by atoms with Gasteiger partial charge in [-0.25, -0.2) is 0 Å². The van der Waals surface area contributed by atoms with Crippen molar-refractivity contribution in [3.05, 3.63) is 11.6 Å². The molecule has 0 saturated heterocycles. The summed E-state index contributed by atoms with van der Waals surface area (Å²) in [5.74, 6) is 2.57. The van der Waals surface area contributed by atoms with Gasteiger partial charge >= 0.3 is 0 Å². The fourth-order valence-electron chi connectivity index (χ4n) is 6.53. The second-order valence-corrected chi connectivity index (χ2v) is 8.61. The van der Waals surface area contributed by atoms with E-state index in [0.29, 0.717) is 11.7 Å². The minimum Gasteiger partial charge on any atom is -0.393 e. The number of allylic oxidation sites excluding steroid dienone is 1. The largest absolute Gasteiger partial charge is 0.393 e. The van der Waals surface area contributed by atoms with Gasteiger partial charge in [0.15, 0.2) is 5.78 Å². The van der Waals surface area contributed by atoms with Crippen molar-refractivity contribution in [1.29, 1.82) is 0 Å². The molecule has 3 saturated carbocycles. The molecule has 0 aromatic rings. The maximum absolute atomic E-state index is 11.8. The molecule has 116 valence electrons. The lowest BCUT2D eigenvalue weighted by molar-refractivity contribution is -0.118. The molecule has 0 heterocycles. The molecule has 0 radical (unpaired) electrons. The summed E-state index contributed by atoms with van der Waals surface area (Å²) in [6.45, 7) is 4.76. The molecule has 3 fully saturated rings. The molecule has 1 N–H and O–H groups in total. The maximum atomic E-state index is 11.8. The average Bonchev–Trinajstić information content (AvgIpc) is 2.76. The lowest BCUT2D eigenvalue weighted by Gasteiger charge is -2.57. The summed E-state index contributed by atoms with van der Waals surface area (Å²) in [5.41, 5.74) is 1.89. The Labute approximate surface area is 128 Å². The van der Waals surface area contributed by atoms with Gasteiger partial charge in [-0.3, -0.25) is 4.79 Å². The van der Waals surface area contributed by atoms with Crippen LogP contribution in [0.5, 0.6) is 0 Å². The van der Waals surface area contributed by atoms with Gasteiger partial charge in [0.1, 0.15) is 0 Å². The molecular formula is C19H28O2. The highest BCUT2D eigenvalue weighted by Crippen LogP contribution is 2.65. The van der Waals surface area contributed by atoms with Crippen LogP contribution in [0.15, 0.2) is 11.6 Å². The summed E-state index contributed by atoms with van der Waals surface area (Å²) in [6, 6.07) is 0. The van der Waals surface area contributed by atoms with E-state index in [0.717, 1.165) is 37.5 Å². The zero-order valence-electron chi connectivity index (χ0n) is 13.4. The Morgan fingerprint density at radius 2 is 1.86 bits per heavy atom. The Morgan fingerprint density at radius 1 is 1.05 bits per heavy atom. The number of rotatable bonds is 0. The van der Waals surface area contributed by atoms with Crippen molar-refractivity contribution >= 4 is 5.78 Å². The molecule has 2 nitrogen and oxygen atoms in total. The van der Waals surface area contributed by atoms with Crippen molar-refractivity contribution in [3.8, 4) is 0 Å². The Kier molecular flexibility index (Phi) is 2.96. The van der Waals surface area contributed by atoms with Gasteiger partial charge < -0.3 is 5.11 Å². The average molecular weight is 288 g/mol. The number of aliphatic hydroxyl groups is 1. The van der Waals surface area contributed by atoms with E-state index < -0.39 is 0 Å². The minimum absolute atomic E-state index is 0.0823. The van der Waals surface area contributed by atoms with Gasteiger partial charge in [0.05, 0.1) is 6.10 Å². The van der Waals surface area contributed by atoms with E-state index in [1.54, 1.807) is 0 Å². The molecule has 0 amide bonds. The third-order valence-corrected chi connectivity index (χ3v) is 7.91. The Morgan fingerprint density at radius 3 is 2.67 bits per heavy atom. The molecule has 4 aliphatic rings. The van der Waals surface area contributed by atoms with Crippen LogP contribution in [-0.2, 0) is 4.79 Å². The third kappa shape index (κ3) is 1.78. The van der Waals surface area contributed by atoms with Gasteiger partial charge in [-0.2, -0.15) is 0 Å². The SMILES string of the molecule is CC12CCC(=O)C=C1CCC1C2CCC2(C)C1CC[C@H]2O. The summed E-state index contributed by atoms with van der Waals surface area (Å²) >= 11 is 0. The first-order valence-electron chi connectivity index (χ1n) is 8.87. The highest BCUT2D eigenvalue weighted by atomic mass is 16.3. The first kappa shape index (κ1) is 14.0. The topological polar surface area (TPSA) is 37.3 Å². The number of carbonyl (C=O) groups excluding carboxylic acids is 1. The lowest BCUT2D eigenvalue weighted by Crippen LogP contribution is -2.51. The maximum Gasteiger partial charge on any atom is 0.155 e. The highest BCUT2D eigenvalue weighted by molar-refractivity contribution is 5.91. The van der Waals surface area contributed by atoms with Gasteiger partial charge in [-0.05, 0) is 79.6 Å². The number of ketones is 1. The lowest BCUT2D eigenvalue weighted by atomic mass is 9.47. The molecule has 4 rings (SSSR count). The molecule has 0 aromatic heterocycles. The second-order valence-electron chi connectivity index (χ2n) is 8.61. The number of aliphatic hydroxyl groups excluding tert-OH is 1. The van der Waals surface area contributed by atoms with Crippen LogP contribution >= 0.6 is 0 Å². The predicted molar refractivity (Wildman–Crippen MR) is 82.7 cm³/mol. The molecule has 0 spiro atoms. The first-order chi connectivity index (χ1) is 9.95. The molecule has 2 heteroatoms. The second kappa shape index (κ2) is 4.44. The molecule has 0 aliphatic heterocycles. The van der Waals surface area contributed by atoms with Crippen molar-refractivity contribution in [2.45, 2.75) is 71.3 Å². The molecule has 21 heavy (non-hydrogen) atoms. The number of carbonyl (C=O) groups is 1. The van der Waals surface area contributed by atoms with Crippen molar-refractivity contribution in [2.75, 3.05) is 0 Å². The number of hydrogen-bond acceptors (Lipinski definition) is 2. The van der Waals surface area contributed by atoms with E-state index in [1.165, 1.54) is 31.3 Å². The van der Waals surface area contributed by atoms with Crippen LogP contribution in [0.25, 0.3) is 0 Å². The van der Waals surface area contributed by atoms with Crippen molar-refractivity contribution < 1.29 is 9.90 Å². The van der Waals surface area contributed by atoms with Gasteiger partial charge in [0, 0.05) is 6.42 Å². The van der Waals surface area contributed by atoms with Gasteiger partial charge in [-0.15, -0.1) is 0 Å². The van der Waals surface area contributed by atoms with Crippen LogP contribution in [0.3, 0.4) is 0 Å². The van der Waals surface area contributed by atoms with E-state index in [1.807, 2.05) is 6.08 Å². The smallest absolute Gasteiger partial charge is 0.155 e. The van der Waals surface area contributed by atoms with E-state index in [2.05, 4.69) is 13.8 Å². The molecule has 6 atom stereocenters. The van der Waals surface area contributed by atoms with Crippen LogP contribution in [0.4, 0.5) is 0 Å². The van der Waals surface area contributed by atoms with Gasteiger partial charge in [0.2, 0.25) is 0 Å². The summed E-state index contributed by atoms with van der Waals surface area (Å²) in [6.07, 6.45) is 10.7. The molecule has 5 unspecified atom stereocenters. The van der Waals surface area contributed by atoms with Gasteiger partial charge in [-0.1, -0.05) is 19.4 Å². The Hall–Kier alpha value is -0.630. The summed E-state index contributed by atoms with van der Waals surface area (Å²) in [7, 11) is 0. The van der Waals surface area contributed by atoms with Crippen molar-refractivity contribution in [1.82, 2.24) is 0 Å². The fourth-order valence-corrected chi connectivity index (χ4v) is 6.53. The van der Waals surface area contributed by atoms with E-state index >= 15 is 0 Å². The molecule has 4 aliphatic carbocycles. The normalized spacial score (nSPS) is 52.7. The zero-order valence-corrected chi connectivity index (χ0v) is 13.4. The monoisotopic (exact) mass is 288 g/mol. The van der Waals surface area contributed by atoms with E-state index in [9.17, 15) is 9.90 Å². The highest BCUT2D eigenvalue weighted by Gasteiger charge is 2.58. The van der Waals surface area contributed by atoms with Crippen LogP contribution < -0.4 is 0 Å². The standard InChI is InChI=1S/C19H28O2/c1-18-9-7-13(20)11-12(18)3-4-14-15-5-6-17(21)19(15,2)10-8-16(14)18/h11,14-17,21H,3-10H2,1-2H3/t14?,15?,16?,17-,18?,19?/m1/s1. The Balaban J connectivity index is 1.69. The quantitative estimate of drug-likeness (QED) is 0.734. The van der Waals surface area contributed by atoms with Crippen LogP contribution in [0.2, 0.25) is 0 Å². The van der Waals surface area contributed by atoms with E-state index in [4.69, 9.17) is 0 Å². The predicted octanol–water partition coefficient (Wildman–Crippen LogP) is 3.88. The summed E-state index contributed by atoms with van der Waals surface area (Å²) < 4.78 is 0. The van der Waals surface area contributed by atoms with Crippen LogP contribution in [0.1, 0.15) is 65.2 Å². The first-order valence-corrected chi connectivity index (χ1v) is 8.87. The van der Waals surface area contributed by atoms with Crippen LogP contribution in [0, 0.1) is 28.6 Å². The minimum atomic E-state index is -0.0823. The van der Waals surface area contributed by atoms with Crippen LogP contribution in [-0.4, -0.2) is 17.0 Å². The fraction of sp³-hybridized carbons (Fsp3) is 0.842. The summed E-state index contributed by atoms with van der Waals surface area (Å²) in [5, 5.41) is 10.4. The Bertz CT molecular complexity index is 508. The summed E-state index contributed by atoms with van der Waals surface area (Å²) in [4.78, 5) is 11.8.